The Kier molecular flexibility index (Phi) is 6.08. The Morgan fingerprint density at radius 2 is 2.05 bits per heavy atom. The smallest absolute Gasteiger partial charge is 0.409 e. The quantitative estimate of drug-likeness (QED) is 0.736. The van der Waals surface area contributed by atoms with Gasteiger partial charge >= 0.3 is 6.09 Å². The maximum absolute atomic E-state index is 11.4. The van der Waals surface area contributed by atoms with Crippen molar-refractivity contribution >= 4 is 12.0 Å². The molecular formula is C13H25N3O3. The fourth-order valence-corrected chi connectivity index (χ4v) is 2.20. The third kappa shape index (κ3) is 4.70. The molecule has 110 valence electrons. The predicted molar refractivity (Wildman–Crippen MR) is 72.9 cm³/mol. The van der Waals surface area contributed by atoms with Gasteiger partial charge in [-0.05, 0) is 13.3 Å². The minimum Gasteiger partial charge on any atom is -0.450 e. The van der Waals surface area contributed by atoms with Crippen molar-refractivity contribution in [1.29, 1.82) is 0 Å². The van der Waals surface area contributed by atoms with E-state index in [1.807, 2.05) is 7.05 Å². The van der Waals surface area contributed by atoms with Crippen molar-refractivity contribution in [2.75, 3.05) is 46.9 Å². The molecule has 0 spiro atoms. The summed E-state index contributed by atoms with van der Waals surface area (Å²) in [6.07, 6.45) is 0.721. The summed E-state index contributed by atoms with van der Waals surface area (Å²) in [5.41, 5.74) is 0. The van der Waals surface area contributed by atoms with Crippen LogP contribution in [-0.4, -0.2) is 79.6 Å². The molecule has 6 heteroatoms. The second-order valence-electron chi connectivity index (χ2n) is 4.99. The van der Waals surface area contributed by atoms with E-state index in [0.29, 0.717) is 19.2 Å². The summed E-state index contributed by atoms with van der Waals surface area (Å²) >= 11 is 0. The lowest BCUT2D eigenvalue weighted by atomic mass is 10.2. The molecule has 1 fully saturated rings. The minimum absolute atomic E-state index is 0.107. The number of carbonyl (C=O) groups is 2. The third-order valence-electron chi connectivity index (χ3n) is 3.62. The van der Waals surface area contributed by atoms with Gasteiger partial charge < -0.3 is 14.5 Å². The Balaban J connectivity index is 2.29. The van der Waals surface area contributed by atoms with Crippen LogP contribution in [0.2, 0.25) is 0 Å². The van der Waals surface area contributed by atoms with Gasteiger partial charge in [-0.25, -0.2) is 4.79 Å². The maximum atomic E-state index is 11.4. The van der Waals surface area contributed by atoms with E-state index in [9.17, 15) is 9.59 Å². The lowest BCUT2D eigenvalue weighted by molar-refractivity contribution is -0.129. The Labute approximate surface area is 115 Å². The average molecular weight is 271 g/mol. The SMILES string of the molecule is CCOC(=O)N(C)CCN1CCC(N(C)C(C)=O)C1. The highest BCUT2D eigenvalue weighted by atomic mass is 16.5. The number of hydrogen-bond donors (Lipinski definition) is 0. The Morgan fingerprint density at radius 3 is 2.63 bits per heavy atom. The van der Waals surface area contributed by atoms with Crippen LogP contribution in [0, 0.1) is 0 Å². The molecule has 2 amide bonds. The highest BCUT2D eigenvalue weighted by Crippen LogP contribution is 2.14. The molecule has 1 atom stereocenters. The van der Waals surface area contributed by atoms with Gasteiger partial charge in [-0.15, -0.1) is 0 Å². The average Bonchev–Trinajstić information content (AvgIpc) is 2.83. The van der Waals surface area contributed by atoms with Gasteiger partial charge in [-0.1, -0.05) is 0 Å². The number of carbonyl (C=O) groups excluding carboxylic acids is 2. The zero-order chi connectivity index (χ0) is 14.4. The lowest BCUT2D eigenvalue weighted by Gasteiger charge is -2.24. The zero-order valence-corrected chi connectivity index (χ0v) is 12.4. The van der Waals surface area contributed by atoms with E-state index in [1.54, 1.807) is 30.7 Å². The summed E-state index contributed by atoms with van der Waals surface area (Å²) in [5, 5.41) is 0. The first-order valence-corrected chi connectivity index (χ1v) is 6.79. The van der Waals surface area contributed by atoms with Gasteiger partial charge in [0, 0.05) is 53.2 Å². The first-order chi connectivity index (χ1) is 8.95. The van der Waals surface area contributed by atoms with Crippen LogP contribution in [-0.2, 0) is 9.53 Å². The highest BCUT2D eigenvalue weighted by Gasteiger charge is 2.27. The zero-order valence-electron chi connectivity index (χ0n) is 12.4. The van der Waals surface area contributed by atoms with Crippen molar-refractivity contribution in [2.45, 2.75) is 26.3 Å². The fourth-order valence-electron chi connectivity index (χ4n) is 2.20. The first-order valence-electron chi connectivity index (χ1n) is 6.79. The molecule has 6 nitrogen and oxygen atoms in total. The van der Waals surface area contributed by atoms with E-state index >= 15 is 0 Å². The summed E-state index contributed by atoms with van der Waals surface area (Å²) in [5.74, 6) is 0.107. The molecule has 1 saturated heterocycles. The first kappa shape index (κ1) is 15.8. The summed E-state index contributed by atoms with van der Waals surface area (Å²) < 4.78 is 4.93. The van der Waals surface area contributed by atoms with Gasteiger partial charge in [0.1, 0.15) is 0 Å². The van der Waals surface area contributed by atoms with Crippen LogP contribution in [0.1, 0.15) is 20.3 Å². The molecule has 0 aromatic carbocycles. The molecule has 1 heterocycles. The van der Waals surface area contributed by atoms with E-state index < -0.39 is 0 Å². The Bertz CT molecular complexity index is 322. The van der Waals surface area contributed by atoms with E-state index in [-0.39, 0.29) is 12.0 Å². The number of hydrogen-bond acceptors (Lipinski definition) is 4. The third-order valence-corrected chi connectivity index (χ3v) is 3.62. The summed E-state index contributed by atoms with van der Waals surface area (Å²) in [6.45, 7) is 7.11. The normalized spacial score (nSPS) is 19.3. The van der Waals surface area contributed by atoms with Crippen LogP contribution < -0.4 is 0 Å². The van der Waals surface area contributed by atoms with Crippen LogP contribution in [0.5, 0.6) is 0 Å². The second-order valence-corrected chi connectivity index (χ2v) is 4.99. The lowest BCUT2D eigenvalue weighted by Crippen LogP contribution is -2.39. The van der Waals surface area contributed by atoms with Gasteiger partial charge in [-0.2, -0.15) is 0 Å². The van der Waals surface area contributed by atoms with Crippen LogP contribution in [0.4, 0.5) is 4.79 Å². The van der Waals surface area contributed by atoms with Crippen LogP contribution in [0.25, 0.3) is 0 Å². The van der Waals surface area contributed by atoms with Crippen molar-refractivity contribution in [3.05, 3.63) is 0 Å². The van der Waals surface area contributed by atoms with Crippen molar-refractivity contribution in [2.24, 2.45) is 0 Å². The van der Waals surface area contributed by atoms with Crippen molar-refractivity contribution in [1.82, 2.24) is 14.7 Å². The maximum Gasteiger partial charge on any atom is 0.409 e. The molecule has 19 heavy (non-hydrogen) atoms. The summed E-state index contributed by atoms with van der Waals surface area (Å²) in [7, 11) is 3.59. The fraction of sp³-hybridized carbons (Fsp3) is 0.846. The summed E-state index contributed by atoms with van der Waals surface area (Å²) in [4.78, 5) is 28.4. The largest absolute Gasteiger partial charge is 0.450 e. The number of likely N-dealkylation sites (N-methyl/N-ethyl adjacent to an activating group) is 2. The molecule has 1 aliphatic heterocycles. The van der Waals surface area contributed by atoms with E-state index in [2.05, 4.69) is 4.90 Å². The highest BCUT2D eigenvalue weighted by molar-refractivity contribution is 5.73. The van der Waals surface area contributed by atoms with Crippen LogP contribution in [0.15, 0.2) is 0 Å². The predicted octanol–water partition coefficient (Wildman–Crippen LogP) is 0.627. The monoisotopic (exact) mass is 271 g/mol. The minimum atomic E-state index is -0.279. The number of likely N-dealkylation sites (tertiary alicyclic amines) is 1. The molecule has 1 aliphatic rings. The molecule has 0 aromatic heterocycles. The molecule has 1 unspecified atom stereocenters. The molecule has 0 aromatic rings. The molecule has 1 rings (SSSR count). The topological polar surface area (TPSA) is 53.1 Å². The standard InChI is InChI=1S/C13H25N3O3/c1-5-19-13(18)14(3)8-9-16-7-6-12(10-16)15(4)11(2)17/h12H,5-10H2,1-4H3. The molecule has 0 aliphatic carbocycles. The summed E-state index contributed by atoms with van der Waals surface area (Å²) in [6, 6.07) is 0.297. The molecular weight excluding hydrogens is 246 g/mol. The Hall–Kier alpha value is -1.30. The number of rotatable bonds is 5. The molecule has 0 saturated carbocycles. The molecule has 0 radical (unpaired) electrons. The van der Waals surface area contributed by atoms with Crippen molar-refractivity contribution in [3.63, 3.8) is 0 Å². The van der Waals surface area contributed by atoms with E-state index in [0.717, 1.165) is 26.1 Å². The Morgan fingerprint density at radius 1 is 1.37 bits per heavy atom. The van der Waals surface area contributed by atoms with Crippen LogP contribution in [0.3, 0.4) is 0 Å². The molecule has 0 bridgehead atoms. The number of amides is 2. The van der Waals surface area contributed by atoms with Crippen LogP contribution >= 0.6 is 0 Å². The van der Waals surface area contributed by atoms with Gasteiger partial charge in [0.25, 0.3) is 0 Å². The van der Waals surface area contributed by atoms with Gasteiger partial charge in [-0.3, -0.25) is 9.69 Å². The van der Waals surface area contributed by atoms with E-state index in [1.165, 1.54) is 0 Å². The van der Waals surface area contributed by atoms with E-state index in [4.69, 9.17) is 4.74 Å². The molecule has 0 N–H and O–H groups in total. The van der Waals surface area contributed by atoms with Crippen molar-refractivity contribution in [3.8, 4) is 0 Å². The number of nitrogens with zero attached hydrogens (tertiary/aromatic N) is 3. The number of ether oxygens (including phenoxy) is 1. The van der Waals surface area contributed by atoms with Gasteiger partial charge in [0.15, 0.2) is 0 Å². The van der Waals surface area contributed by atoms with Gasteiger partial charge in [0.2, 0.25) is 5.91 Å². The van der Waals surface area contributed by atoms with Crippen molar-refractivity contribution < 1.29 is 14.3 Å². The van der Waals surface area contributed by atoms with Gasteiger partial charge in [0.05, 0.1) is 6.61 Å². The second kappa shape index (κ2) is 7.33.